The summed E-state index contributed by atoms with van der Waals surface area (Å²) in [7, 11) is 0. The fraction of sp³-hybridized carbons (Fsp3) is 0.500. The smallest absolute Gasteiger partial charge is 0.107 e. The maximum Gasteiger partial charge on any atom is 0.107 e. The van der Waals surface area contributed by atoms with Crippen molar-refractivity contribution in [2.75, 3.05) is 11.9 Å². The number of benzene rings is 1. The van der Waals surface area contributed by atoms with Crippen molar-refractivity contribution in [3.05, 3.63) is 51.9 Å². The van der Waals surface area contributed by atoms with Gasteiger partial charge in [0.15, 0.2) is 0 Å². The molecular formula is C22H28N2OS. The van der Waals surface area contributed by atoms with E-state index in [1.165, 1.54) is 10.4 Å². The van der Waals surface area contributed by atoms with Crippen LogP contribution in [0.5, 0.6) is 0 Å². The summed E-state index contributed by atoms with van der Waals surface area (Å²) in [5.41, 5.74) is 3.32. The van der Waals surface area contributed by atoms with Crippen molar-refractivity contribution in [1.82, 2.24) is 0 Å². The summed E-state index contributed by atoms with van der Waals surface area (Å²) >= 11 is 1.74. The van der Waals surface area contributed by atoms with Crippen LogP contribution in [0.4, 0.5) is 5.00 Å². The second-order valence-corrected chi connectivity index (χ2v) is 9.37. The molecule has 0 saturated heterocycles. The number of rotatable bonds is 5. The second kappa shape index (κ2) is 7.82. The van der Waals surface area contributed by atoms with Gasteiger partial charge in [-0.25, -0.2) is 0 Å². The lowest BCUT2D eigenvalue weighted by molar-refractivity contribution is 0.171. The van der Waals surface area contributed by atoms with E-state index in [-0.39, 0.29) is 0 Å². The molecule has 1 aliphatic carbocycles. The molecule has 1 aromatic heterocycles. The monoisotopic (exact) mass is 368 g/mol. The van der Waals surface area contributed by atoms with Crippen molar-refractivity contribution in [1.29, 1.82) is 5.26 Å². The number of hydrogen-bond acceptors (Lipinski definition) is 4. The molecule has 2 atom stereocenters. The number of anilines is 1. The normalized spacial score (nSPS) is 18.0. The third-order valence-electron chi connectivity index (χ3n) is 5.49. The van der Waals surface area contributed by atoms with Crippen molar-refractivity contribution < 1.29 is 5.11 Å². The molecule has 0 amide bonds. The van der Waals surface area contributed by atoms with Crippen LogP contribution in [0, 0.1) is 22.7 Å². The second-order valence-electron chi connectivity index (χ2n) is 8.27. The Morgan fingerprint density at radius 2 is 2.04 bits per heavy atom. The number of aliphatic hydroxyl groups excluding tert-OH is 1. The van der Waals surface area contributed by atoms with Crippen molar-refractivity contribution in [2.24, 2.45) is 11.3 Å². The standard InChI is InChI=1S/C22H28N2OS/c1-22(2,3)16-9-10-17-18(14-23)21(26-20(17)13-16)24-12-11-19(25)15-7-5-4-6-8-15/h4-8,16,19,24-25H,9-13H2,1-3H3. The van der Waals surface area contributed by atoms with E-state index in [0.717, 1.165) is 35.4 Å². The van der Waals surface area contributed by atoms with Gasteiger partial charge in [0.05, 0.1) is 11.7 Å². The van der Waals surface area contributed by atoms with Crippen molar-refractivity contribution in [3.8, 4) is 6.07 Å². The highest BCUT2D eigenvalue weighted by Gasteiger charge is 2.32. The zero-order valence-corrected chi connectivity index (χ0v) is 16.7. The van der Waals surface area contributed by atoms with Crippen molar-refractivity contribution in [2.45, 2.75) is 52.6 Å². The number of fused-ring (bicyclic) bond motifs is 1. The lowest BCUT2D eigenvalue weighted by atomic mass is 9.72. The highest BCUT2D eigenvalue weighted by atomic mass is 32.1. The first-order valence-corrected chi connectivity index (χ1v) is 10.2. The molecule has 1 aromatic carbocycles. The molecule has 3 rings (SSSR count). The van der Waals surface area contributed by atoms with E-state index in [0.29, 0.717) is 24.3 Å². The molecule has 1 aliphatic rings. The lowest BCUT2D eigenvalue weighted by Crippen LogP contribution is -2.26. The van der Waals surface area contributed by atoms with Gasteiger partial charge in [-0.1, -0.05) is 51.1 Å². The average molecular weight is 369 g/mol. The average Bonchev–Trinajstić information content (AvgIpc) is 2.98. The Hall–Kier alpha value is -1.83. The number of nitriles is 1. The Labute approximate surface area is 160 Å². The Kier molecular flexibility index (Phi) is 5.70. The first kappa shape index (κ1) is 18.9. The highest BCUT2D eigenvalue weighted by molar-refractivity contribution is 7.16. The molecule has 0 radical (unpaired) electrons. The van der Waals surface area contributed by atoms with E-state index in [1.807, 2.05) is 30.3 Å². The largest absolute Gasteiger partial charge is 0.388 e. The summed E-state index contributed by atoms with van der Waals surface area (Å²) in [5, 5.41) is 24.3. The third kappa shape index (κ3) is 4.11. The minimum atomic E-state index is -0.478. The first-order valence-electron chi connectivity index (χ1n) is 9.41. The van der Waals surface area contributed by atoms with Crippen LogP contribution in [0.1, 0.15) is 61.3 Å². The van der Waals surface area contributed by atoms with Gasteiger partial charge in [-0.3, -0.25) is 0 Å². The fourth-order valence-corrected chi connectivity index (χ4v) is 5.04. The number of hydrogen-bond donors (Lipinski definition) is 2. The summed E-state index contributed by atoms with van der Waals surface area (Å²) < 4.78 is 0. The third-order valence-corrected chi connectivity index (χ3v) is 6.70. The molecule has 26 heavy (non-hydrogen) atoms. The Balaban J connectivity index is 1.66. The lowest BCUT2D eigenvalue weighted by Gasteiger charge is -2.33. The van der Waals surface area contributed by atoms with Crippen LogP contribution in [-0.2, 0) is 12.8 Å². The molecule has 3 nitrogen and oxygen atoms in total. The maximum absolute atomic E-state index is 10.3. The van der Waals surface area contributed by atoms with Gasteiger partial charge in [0.25, 0.3) is 0 Å². The molecule has 4 heteroatoms. The van der Waals surface area contributed by atoms with Crippen molar-refractivity contribution in [3.63, 3.8) is 0 Å². The molecule has 0 bridgehead atoms. The summed E-state index contributed by atoms with van der Waals surface area (Å²) in [6.45, 7) is 7.59. The number of thiophene rings is 1. The summed E-state index contributed by atoms with van der Waals surface area (Å²) in [6, 6.07) is 12.1. The summed E-state index contributed by atoms with van der Waals surface area (Å²) in [6.07, 6.45) is 3.39. The van der Waals surface area contributed by atoms with Gasteiger partial charge in [-0.15, -0.1) is 11.3 Å². The predicted molar refractivity (Wildman–Crippen MR) is 109 cm³/mol. The number of nitrogens with zero attached hydrogens (tertiary/aromatic N) is 1. The van der Waals surface area contributed by atoms with E-state index in [4.69, 9.17) is 0 Å². The molecule has 0 saturated carbocycles. The van der Waals surface area contributed by atoms with Crippen molar-refractivity contribution >= 4 is 16.3 Å². The molecule has 2 unspecified atom stereocenters. The van der Waals surface area contributed by atoms with Crippen LogP contribution in [0.25, 0.3) is 0 Å². The maximum atomic E-state index is 10.3. The fourth-order valence-electron chi connectivity index (χ4n) is 3.73. The van der Waals surface area contributed by atoms with E-state index in [2.05, 4.69) is 32.2 Å². The SMILES string of the molecule is CC(C)(C)C1CCc2c(sc(NCCC(O)c3ccccc3)c2C#N)C1. The van der Waals surface area contributed by atoms with Gasteiger partial charge in [0, 0.05) is 11.4 Å². The summed E-state index contributed by atoms with van der Waals surface area (Å²) in [4.78, 5) is 1.37. The van der Waals surface area contributed by atoms with Crippen LogP contribution < -0.4 is 5.32 Å². The van der Waals surface area contributed by atoms with Crippen LogP contribution >= 0.6 is 11.3 Å². The van der Waals surface area contributed by atoms with Gasteiger partial charge in [-0.05, 0) is 48.1 Å². The number of nitrogens with one attached hydrogen (secondary N) is 1. The molecule has 0 spiro atoms. The Bertz CT molecular complexity index is 783. The molecule has 0 fully saturated rings. The molecule has 138 valence electrons. The zero-order valence-electron chi connectivity index (χ0n) is 15.9. The van der Waals surface area contributed by atoms with Crippen LogP contribution in [0.15, 0.2) is 30.3 Å². The van der Waals surface area contributed by atoms with Crippen LogP contribution in [0.2, 0.25) is 0 Å². The van der Waals surface area contributed by atoms with Gasteiger partial charge in [0.2, 0.25) is 0 Å². The van der Waals surface area contributed by atoms with Gasteiger partial charge in [-0.2, -0.15) is 5.26 Å². The zero-order chi connectivity index (χ0) is 18.7. The molecular weight excluding hydrogens is 340 g/mol. The highest BCUT2D eigenvalue weighted by Crippen LogP contribution is 2.44. The van der Waals surface area contributed by atoms with Crippen LogP contribution in [-0.4, -0.2) is 11.7 Å². The van der Waals surface area contributed by atoms with Gasteiger partial charge >= 0.3 is 0 Å². The van der Waals surface area contributed by atoms with E-state index in [9.17, 15) is 10.4 Å². The first-order chi connectivity index (χ1) is 12.4. The van der Waals surface area contributed by atoms with E-state index in [1.54, 1.807) is 11.3 Å². The van der Waals surface area contributed by atoms with Crippen LogP contribution in [0.3, 0.4) is 0 Å². The quantitative estimate of drug-likeness (QED) is 0.752. The van der Waals surface area contributed by atoms with Gasteiger partial charge in [0.1, 0.15) is 11.1 Å². The van der Waals surface area contributed by atoms with Gasteiger partial charge < -0.3 is 10.4 Å². The molecule has 1 heterocycles. The Morgan fingerprint density at radius 1 is 1.31 bits per heavy atom. The minimum Gasteiger partial charge on any atom is -0.388 e. The topological polar surface area (TPSA) is 56.0 Å². The molecule has 0 aliphatic heterocycles. The summed E-state index contributed by atoms with van der Waals surface area (Å²) in [5.74, 6) is 0.674. The minimum absolute atomic E-state index is 0.307. The molecule has 2 N–H and O–H groups in total. The predicted octanol–water partition coefficient (Wildman–Crippen LogP) is 5.31. The number of aliphatic hydroxyl groups is 1. The van der Waals surface area contributed by atoms with E-state index >= 15 is 0 Å². The Morgan fingerprint density at radius 3 is 2.69 bits per heavy atom. The van der Waals surface area contributed by atoms with E-state index < -0.39 is 6.10 Å². The molecule has 2 aromatic rings.